The molecule has 3 aromatic rings. The maximum Gasteiger partial charge on any atom is 0.251 e. The summed E-state index contributed by atoms with van der Waals surface area (Å²) in [6.07, 6.45) is 0. The van der Waals surface area contributed by atoms with Crippen LogP contribution in [-0.4, -0.2) is 53.0 Å². The van der Waals surface area contributed by atoms with Crippen LogP contribution in [0.15, 0.2) is 42.5 Å². The Morgan fingerprint density at radius 3 is 2.55 bits per heavy atom. The van der Waals surface area contributed by atoms with Gasteiger partial charge in [0, 0.05) is 25.8 Å². The summed E-state index contributed by atoms with van der Waals surface area (Å²) in [5, 5.41) is 14.8. The van der Waals surface area contributed by atoms with Crippen LogP contribution in [0.4, 0.5) is 0 Å². The number of methoxy groups -OCH3 is 2. The Morgan fingerprint density at radius 2 is 1.86 bits per heavy atom. The lowest BCUT2D eigenvalue weighted by Gasteiger charge is -2.15. The third-order valence-corrected chi connectivity index (χ3v) is 4.41. The fraction of sp³-hybridized carbons (Fsp3) is 0.333. The second-order valence-corrected chi connectivity index (χ2v) is 6.90. The number of ether oxygens (including phenoxy) is 2. The van der Waals surface area contributed by atoms with Gasteiger partial charge in [0.1, 0.15) is 6.61 Å². The summed E-state index contributed by atoms with van der Waals surface area (Å²) in [6, 6.07) is 13.6. The lowest BCUT2D eigenvalue weighted by atomic mass is 10.0. The van der Waals surface area contributed by atoms with E-state index in [0.717, 1.165) is 11.1 Å². The molecule has 1 aromatic heterocycles. The van der Waals surface area contributed by atoms with Gasteiger partial charge < -0.3 is 14.8 Å². The normalized spacial score (nSPS) is 12.0. The summed E-state index contributed by atoms with van der Waals surface area (Å²) < 4.78 is 11.9. The average Bonchev–Trinajstić information content (AvgIpc) is 3.17. The van der Waals surface area contributed by atoms with E-state index >= 15 is 0 Å². The molecular weight excluding hydrogens is 370 g/mol. The SMILES string of the molecule is COCc1nnnn1-c1cc(C(=O)N[C@H](C)COC)cc(-c2ccc(C)cc2)c1. The lowest BCUT2D eigenvalue weighted by molar-refractivity contribution is 0.0905. The summed E-state index contributed by atoms with van der Waals surface area (Å²) >= 11 is 0. The number of hydrogen-bond donors (Lipinski definition) is 1. The molecule has 8 heteroatoms. The van der Waals surface area contributed by atoms with Crippen LogP contribution in [0, 0.1) is 6.92 Å². The van der Waals surface area contributed by atoms with Gasteiger partial charge in [-0.05, 0) is 53.6 Å². The number of carbonyl (C=O) groups excluding carboxylic acids is 1. The number of benzene rings is 2. The van der Waals surface area contributed by atoms with E-state index in [1.54, 1.807) is 25.0 Å². The molecule has 0 unspecified atom stereocenters. The Hall–Kier alpha value is -3.10. The minimum absolute atomic E-state index is 0.115. The highest BCUT2D eigenvalue weighted by Gasteiger charge is 2.16. The molecule has 1 N–H and O–H groups in total. The number of amides is 1. The third kappa shape index (κ3) is 5.04. The van der Waals surface area contributed by atoms with Crippen molar-refractivity contribution in [1.29, 1.82) is 0 Å². The van der Waals surface area contributed by atoms with Gasteiger partial charge in [0.25, 0.3) is 5.91 Å². The Kier molecular flexibility index (Phi) is 6.69. The molecule has 2 aromatic carbocycles. The Balaban J connectivity index is 2.05. The summed E-state index contributed by atoms with van der Waals surface area (Å²) in [5.41, 5.74) is 4.26. The molecule has 1 heterocycles. The number of carbonyl (C=O) groups is 1. The van der Waals surface area contributed by atoms with Crippen LogP contribution < -0.4 is 5.32 Å². The summed E-state index contributed by atoms with van der Waals surface area (Å²) in [4.78, 5) is 12.8. The Bertz CT molecular complexity index is 969. The number of rotatable bonds is 8. The molecule has 29 heavy (non-hydrogen) atoms. The molecule has 0 aliphatic carbocycles. The first-order valence-corrected chi connectivity index (χ1v) is 9.30. The number of nitrogens with zero attached hydrogens (tertiary/aromatic N) is 4. The van der Waals surface area contributed by atoms with E-state index in [1.807, 2.05) is 50.2 Å². The van der Waals surface area contributed by atoms with Crippen molar-refractivity contribution in [3.05, 3.63) is 59.4 Å². The van der Waals surface area contributed by atoms with E-state index < -0.39 is 0 Å². The molecule has 0 saturated heterocycles. The van der Waals surface area contributed by atoms with Crippen molar-refractivity contribution in [2.45, 2.75) is 26.5 Å². The topological polar surface area (TPSA) is 91.2 Å². The van der Waals surface area contributed by atoms with E-state index in [0.29, 0.717) is 23.7 Å². The standard InChI is InChI=1S/C21H25N5O3/c1-14-5-7-16(8-6-14)17-9-18(21(27)22-15(2)12-28-3)11-19(10-17)26-20(13-29-4)23-24-25-26/h5-11,15H,12-13H2,1-4H3,(H,22,27)/t15-/m1/s1. The monoisotopic (exact) mass is 395 g/mol. The molecule has 1 atom stereocenters. The van der Waals surface area contributed by atoms with E-state index in [2.05, 4.69) is 20.8 Å². The first kappa shape index (κ1) is 20.6. The largest absolute Gasteiger partial charge is 0.383 e. The molecule has 8 nitrogen and oxygen atoms in total. The molecule has 152 valence electrons. The highest BCUT2D eigenvalue weighted by molar-refractivity contribution is 5.96. The van der Waals surface area contributed by atoms with Gasteiger partial charge >= 0.3 is 0 Å². The van der Waals surface area contributed by atoms with Crippen LogP contribution in [0.2, 0.25) is 0 Å². The summed E-state index contributed by atoms with van der Waals surface area (Å²) in [7, 11) is 3.19. The van der Waals surface area contributed by atoms with Gasteiger partial charge in [-0.1, -0.05) is 29.8 Å². The van der Waals surface area contributed by atoms with E-state index in [1.165, 1.54) is 5.56 Å². The first-order chi connectivity index (χ1) is 14.0. The molecule has 0 aliphatic rings. The van der Waals surface area contributed by atoms with Crippen LogP contribution in [0.25, 0.3) is 16.8 Å². The smallest absolute Gasteiger partial charge is 0.251 e. The zero-order chi connectivity index (χ0) is 20.8. The van der Waals surface area contributed by atoms with Crippen molar-refractivity contribution in [3.63, 3.8) is 0 Å². The molecule has 0 saturated carbocycles. The van der Waals surface area contributed by atoms with Gasteiger partial charge in [0.05, 0.1) is 12.3 Å². The van der Waals surface area contributed by atoms with Crippen LogP contribution in [0.3, 0.4) is 0 Å². The predicted octanol–water partition coefficient (Wildman–Crippen LogP) is 2.55. The van der Waals surface area contributed by atoms with Gasteiger partial charge in [-0.2, -0.15) is 4.68 Å². The average molecular weight is 395 g/mol. The maximum atomic E-state index is 12.8. The van der Waals surface area contributed by atoms with E-state index in [-0.39, 0.29) is 18.6 Å². The van der Waals surface area contributed by atoms with Crippen molar-refractivity contribution in [3.8, 4) is 16.8 Å². The highest BCUT2D eigenvalue weighted by Crippen LogP contribution is 2.25. The molecular formula is C21H25N5O3. The van der Waals surface area contributed by atoms with E-state index in [9.17, 15) is 4.79 Å². The Morgan fingerprint density at radius 1 is 1.10 bits per heavy atom. The van der Waals surface area contributed by atoms with Gasteiger partial charge in [-0.15, -0.1) is 5.10 Å². The maximum absolute atomic E-state index is 12.8. The fourth-order valence-electron chi connectivity index (χ4n) is 3.00. The minimum Gasteiger partial charge on any atom is -0.383 e. The lowest BCUT2D eigenvalue weighted by Crippen LogP contribution is -2.35. The molecule has 0 aliphatic heterocycles. The fourth-order valence-corrected chi connectivity index (χ4v) is 3.00. The molecule has 3 rings (SSSR count). The van der Waals surface area contributed by atoms with Crippen LogP contribution in [-0.2, 0) is 16.1 Å². The predicted molar refractivity (Wildman–Crippen MR) is 109 cm³/mol. The zero-order valence-electron chi connectivity index (χ0n) is 17.0. The van der Waals surface area contributed by atoms with Crippen molar-refractivity contribution in [2.75, 3.05) is 20.8 Å². The third-order valence-electron chi connectivity index (χ3n) is 4.41. The van der Waals surface area contributed by atoms with Crippen molar-refractivity contribution < 1.29 is 14.3 Å². The van der Waals surface area contributed by atoms with Gasteiger partial charge in [0.2, 0.25) is 0 Å². The Labute approximate surface area is 169 Å². The minimum atomic E-state index is -0.189. The highest BCUT2D eigenvalue weighted by atomic mass is 16.5. The molecule has 0 spiro atoms. The van der Waals surface area contributed by atoms with Crippen LogP contribution in [0.5, 0.6) is 0 Å². The van der Waals surface area contributed by atoms with E-state index in [4.69, 9.17) is 9.47 Å². The second kappa shape index (κ2) is 9.40. The number of nitrogens with one attached hydrogen (secondary N) is 1. The van der Waals surface area contributed by atoms with Crippen molar-refractivity contribution in [1.82, 2.24) is 25.5 Å². The number of hydrogen-bond acceptors (Lipinski definition) is 6. The molecule has 1 amide bonds. The molecule has 0 fully saturated rings. The summed E-state index contributed by atoms with van der Waals surface area (Å²) in [5.74, 6) is 0.360. The van der Waals surface area contributed by atoms with Gasteiger partial charge in [0.15, 0.2) is 5.82 Å². The second-order valence-electron chi connectivity index (χ2n) is 6.90. The van der Waals surface area contributed by atoms with Crippen molar-refractivity contribution >= 4 is 5.91 Å². The summed E-state index contributed by atoms with van der Waals surface area (Å²) in [6.45, 7) is 4.62. The number of aryl methyl sites for hydroxylation is 1. The van der Waals surface area contributed by atoms with Crippen molar-refractivity contribution in [2.24, 2.45) is 0 Å². The molecule has 0 bridgehead atoms. The number of tetrazole rings is 1. The quantitative estimate of drug-likeness (QED) is 0.630. The van der Waals surface area contributed by atoms with Gasteiger partial charge in [-0.3, -0.25) is 4.79 Å². The first-order valence-electron chi connectivity index (χ1n) is 9.30. The van der Waals surface area contributed by atoms with Crippen LogP contribution in [0.1, 0.15) is 28.7 Å². The number of aromatic nitrogens is 4. The zero-order valence-corrected chi connectivity index (χ0v) is 17.0. The van der Waals surface area contributed by atoms with Gasteiger partial charge in [-0.25, -0.2) is 0 Å². The molecule has 0 radical (unpaired) electrons. The van der Waals surface area contributed by atoms with Crippen LogP contribution >= 0.6 is 0 Å².